The first-order chi connectivity index (χ1) is 8.36. The van der Waals surface area contributed by atoms with Crippen LogP contribution < -0.4 is 10.1 Å². The van der Waals surface area contributed by atoms with Gasteiger partial charge in [-0.25, -0.2) is 0 Å². The topological polar surface area (TPSA) is 30.5 Å². The molecule has 17 heavy (non-hydrogen) atoms. The largest absolute Gasteiger partial charge is 0.497 e. The Kier molecular flexibility index (Phi) is 7.88. The van der Waals surface area contributed by atoms with E-state index in [9.17, 15) is 0 Å². The molecule has 0 radical (unpaired) electrons. The fraction of sp³-hybridized carbons (Fsp3) is 0.538. The van der Waals surface area contributed by atoms with Crippen LogP contribution in [0.3, 0.4) is 0 Å². The highest BCUT2D eigenvalue weighted by Crippen LogP contribution is 2.22. The van der Waals surface area contributed by atoms with Gasteiger partial charge in [0, 0.05) is 30.9 Å². The predicted molar refractivity (Wildman–Crippen MR) is 73.1 cm³/mol. The van der Waals surface area contributed by atoms with E-state index in [0.717, 1.165) is 37.6 Å². The fourth-order valence-electron chi connectivity index (χ4n) is 1.40. The third-order valence-electron chi connectivity index (χ3n) is 2.29. The molecule has 0 spiro atoms. The third kappa shape index (κ3) is 6.56. The van der Waals surface area contributed by atoms with Crippen molar-refractivity contribution >= 4 is 11.8 Å². The lowest BCUT2D eigenvalue weighted by Gasteiger charge is -2.05. The summed E-state index contributed by atoms with van der Waals surface area (Å²) < 4.78 is 10.2. The number of hydrogen-bond acceptors (Lipinski definition) is 4. The summed E-state index contributed by atoms with van der Waals surface area (Å²) in [6, 6.07) is 8.16. The molecule has 0 heterocycles. The normalized spacial score (nSPS) is 10.5. The average molecular weight is 255 g/mol. The van der Waals surface area contributed by atoms with E-state index in [0.29, 0.717) is 0 Å². The predicted octanol–water partition coefficient (Wildman–Crippen LogP) is 2.41. The minimum absolute atomic E-state index is 0.829. The van der Waals surface area contributed by atoms with Crippen molar-refractivity contribution in [2.24, 2.45) is 0 Å². The number of ether oxygens (including phenoxy) is 2. The molecule has 0 bridgehead atoms. The van der Waals surface area contributed by atoms with Crippen LogP contribution in [0, 0.1) is 0 Å². The van der Waals surface area contributed by atoms with Gasteiger partial charge in [0.15, 0.2) is 0 Å². The number of methoxy groups -OCH3 is 2. The van der Waals surface area contributed by atoms with Gasteiger partial charge in [0.05, 0.1) is 7.11 Å². The van der Waals surface area contributed by atoms with Crippen molar-refractivity contribution in [1.29, 1.82) is 0 Å². The van der Waals surface area contributed by atoms with E-state index < -0.39 is 0 Å². The van der Waals surface area contributed by atoms with E-state index in [1.807, 2.05) is 23.9 Å². The first-order valence-corrected chi connectivity index (χ1v) is 6.82. The Morgan fingerprint density at radius 2 is 2.12 bits per heavy atom. The van der Waals surface area contributed by atoms with Crippen LogP contribution in [0.15, 0.2) is 29.2 Å². The second-order valence-corrected chi connectivity index (χ2v) is 4.79. The molecule has 0 aliphatic carbocycles. The standard InChI is InChI=1S/C13H21NO2S/c1-15-9-4-7-14-8-10-17-13-6-3-5-12(11-13)16-2/h3,5-6,11,14H,4,7-10H2,1-2H3. The van der Waals surface area contributed by atoms with Gasteiger partial charge in [0.25, 0.3) is 0 Å². The summed E-state index contributed by atoms with van der Waals surface area (Å²) in [5.41, 5.74) is 0. The Morgan fingerprint density at radius 3 is 2.88 bits per heavy atom. The molecule has 0 unspecified atom stereocenters. The monoisotopic (exact) mass is 255 g/mol. The maximum Gasteiger partial charge on any atom is 0.119 e. The maximum absolute atomic E-state index is 5.18. The van der Waals surface area contributed by atoms with Gasteiger partial charge in [0.2, 0.25) is 0 Å². The molecule has 0 saturated carbocycles. The van der Waals surface area contributed by atoms with Crippen LogP contribution in [0.4, 0.5) is 0 Å². The summed E-state index contributed by atoms with van der Waals surface area (Å²) in [6.07, 6.45) is 1.07. The highest BCUT2D eigenvalue weighted by molar-refractivity contribution is 7.99. The molecule has 3 nitrogen and oxygen atoms in total. The van der Waals surface area contributed by atoms with E-state index in [2.05, 4.69) is 17.4 Å². The molecule has 1 aromatic rings. The Labute approximate surface area is 108 Å². The Morgan fingerprint density at radius 1 is 1.24 bits per heavy atom. The highest BCUT2D eigenvalue weighted by Gasteiger charge is 1.96. The summed E-state index contributed by atoms with van der Waals surface area (Å²) in [6.45, 7) is 2.87. The van der Waals surface area contributed by atoms with Crippen LogP contribution in [0.2, 0.25) is 0 Å². The van der Waals surface area contributed by atoms with Crippen molar-refractivity contribution in [3.8, 4) is 5.75 Å². The van der Waals surface area contributed by atoms with Crippen molar-refractivity contribution in [3.63, 3.8) is 0 Å². The zero-order valence-electron chi connectivity index (χ0n) is 10.6. The zero-order chi connectivity index (χ0) is 12.3. The van der Waals surface area contributed by atoms with E-state index >= 15 is 0 Å². The van der Waals surface area contributed by atoms with Crippen LogP contribution in [-0.2, 0) is 4.74 Å². The second-order valence-electron chi connectivity index (χ2n) is 3.62. The Hall–Kier alpha value is -0.710. The minimum atomic E-state index is 0.829. The molecular formula is C13H21NO2S. The summed E-state index contributed by atoms with van der Waals surface area (Å²) in [4.78, 5) is 1.25. The average Bonchev–Trinajstić information content (AvgIpc) is 2.38. The van der Waals surface area contributed by atoms with Crippen LogP contribution >= 0.6 is 11.8 Å². The summed E-state index contributed by atoms with van der Waals surface area (Å²) in [5, 5.41) is 3.39. The third-order valence-corrected chi connectivity index (χ3v) is 3.29. The summed E-state index contributed by atoms with van der Waals surface area (Å²) in [7, 11) is 3.43. The molecule has 0 fully saturated rings. The van der Waals surface area contributed by atoms with Gasteiger partial charge in [0.1, 0.15) is 5.75 Å². The molecule has 0 amide bonds. The van der Waals surface area contributed by atoms with Gasteiger partial charge >= 0.3 is 0 Å². The molecule has 1 N–H and O–H groups in total. The Bertz CT molecular complexity index is 307. The number of rotatable bonds is 9. The molecule has 96 valence electrons. The van der Waals surface area contributed by atoms with Crippen molar-refractivity contribution in [1.82, 2.24) is 5.32 Å². The lowest BCUT2D eigenvalue weighted by atomic mass is 10.3. The highest BCUT2D eigenvalue weighted by atomic mass is 32.2. The number of benzene rings is 1. The summed E-state index contributed by atoms with van der Waals surface area (Å²) in [5.74, 6) is 1.99. The van der Waals surface area contributed by atoms with Crippen LogP contribution in [0.1, 0.15) is 6.42 Å². The van der Waals surface area contributed by atoms with E-state index in [1.165, 1.54) is 4.90 Å². The van der Waals surface area contributed by atoms with Gasteiger partial charge in [-0.05, 0) is 31.2 Å². The van der Waals surface area contributed by atoms with Crippen molar-refractivity contribution < 1.29 is 9.47 Å². The molecule has 0 atom stereocenters. The molecule has 0 saturated heterocycles. The minimum Gasteiger partial charge on any atom is -0.497 e. The smallest absolute Gasteiger partial charge is 0.119 e. The lowest BCUT2D eigenvalue weighted by molar-refractivity contribution is 0.194. The SMILES string of the molecule is COCCCNCCSc1cccc(OC)c1. The number of thioether (sulfide) groups is 1. The first-order valence-electron chi connectivity index (χ1n) is 5.83. The summed E-state index contributed by atoms with van der Waals surface area (Å²) >= 11 is 1.84. The fourth-order valence-corrected chi connectivity index (χ4v) is 2.25. The molecule has 4 heteroatoms. The quantitative estimate of drug-likeness (QED) is 0.542. The second kappa shape index (κ2) is 9.33. The molecular weight excluding hydrogens is 234 g/mol. The van der Waals surface area contributed by atoms with Crippen LogP contribution in [-0.4, -0.2) is 39.7 Å². The lowest BCUT2D eigenvalue weighted by Crippen LogP contribution is -2.19. The number of nitrogens with one attached hydrogen (secondary N) is 1. The van der Waals surface area contributed by atoms with Gasteiger partial charge in [-0.1, -0.05) is 6.07 Å². The molecule has 0 aliphatic rings. The first kappa shape index (κ1) is 14.4. The molecule has 0 aromatic heterocycles. The molecule has 1 aromatic carbocycles. The van der Waals surface area contributed by atoms with Gasteiger partial charge in [-0.3, -0.25) is 0 Å². The zero-order valence-corrected chi connectivity index (χ0v) is 11.4. The maximum atomic E-state index is 5.18. The number of hydrogen-bond donors (Lipinski definition) is 1. The molecule has 1 rings (SSSR count). The van der Waals surface area contributed by atoms with E-state index in [1.54, 1.807) is 14.2 Å². The molecule has 0 aliphatic heterocycles. The van der Waals surface area contributed by atoms with E-state index in [4.69, 9.17) is 9.47 Å². The van der Waals surface area contributed by atoms with Gasteiger partial charge in [-0.15, -0.1) is 11.8 Å². The van der Waals surface area contributed by atoms with E-state index in [-0.39, 0.29) is 0 Å². The van der Waals surface area contributed by atoms with Gasteiger partial charge < -0.3 is 14.8 Å². The van der Waals surface area contributed by atoms with Crippen LogP contribution in [0.5, 0.6) is 5.75 Å². The van der Waals surface area contributed by atoms with Crippen molar-refractivity contribution in [2.75, 3.05) is 39.7 Å². The van der Waals surface area contributed by atoms with Crippen molar-refractivity contribution in [2.45, 2.75) is 11.3 Å². The Balaban J connectivity index is 2.09. The van der Waals surface area contributed by atoms with Gasteiger partial charge in [-0.2, -0.15) is 0 Å². The van der Waals surface area contributed by atoms with Crippen LogP contribution in [0.25, 0.3) is 0 Å². The van der Waals surface area contributed by atoms with Crippen molar-refractivity contribution in [3.05, 3.63) is 24.3 Å².